The average molecular weight is 366 g/mol. The van der Waals surface area contributed by atoms with Crippen molar-refractivity contribution in [2.24, 2.45) is 5.73 Å². The second-order valence-electron chi connectivity index (χ2n) is 4.75. The van der Waals surface area contributed by atoms with Gasteiger partial charge in [0.2, 0.25) is 0 Å². The summed E-state index contributed by atoms with van der Waals surface area (Å²) < 4.78 is 6.73. The van der Waals surface area contributed by atoms with Crippen LogP contribution < -0.4 is 11.1 Å². The van der Waals surface area contributed by atoms with Crippen molar-refractivity contribution in [3.63, 3.8) is 0 Å². The lowest BCUT2D eigenvalue weighted by Crippen LogP contribution is -2.20. The Kier molecular flexibility index (Phi) is 4.19. The van der Waals surface area contributed by atoms with E-state index in [9.17, 15) is 0 Å². The summed E-state index contributed by atoms with van der Waals surface area (Å²) in [7, 11) is 0. The molecule has 0 bridgehead atoms. The van der Waals surface area contributed by atoms with Crippen LogP contribution in [0.2, 0.25) is 5.02 Å². The Hall–Kier alpha value is -1.49. The van der Waals surface area contributed by atoms with Gasteiger partial charge in [0.25, 0.3) is 0 Å². The van der Waals surface area contributed by atoms with Crippen molar-refractivity contribution >= 4 is 44.2 Å². The summed E-state index contributed by atoms with van der Waals surface area (Å²) in [6.45, 7) is 0.424. The van der Waals surface area contributed by atoms with Gasteiger partial charge in [-0.25, -0.2) is 0 Å². The molecule has 1 heterocycles. The minimum Gasteiger partial charge on any atom is -0.459 e. The summed E-state index contributed by atoms with van der Waals surface area (Å²) in [5, 5.41) is 5.07. The van der Waals surface area contributed by atoms with Gasteiger partial charge >= 0.3 is 0 Å². The molecule has 0 radical (unpaired) electrons. The fraction of sp³-hybridized carbons (Fsp3) is 0.125. The number of benzene rings is 2. The largest absolute Gasteiger partial charge is 0.459 e. The average Bonchev–Trinajstić information content (AvgIpc) is 2.92. The number of furan rings is 1. The second-order valence-corrected chi connectivity index (χ2v) is 6.01. The monoisotopic (exact) mass is 364 g/mol. The molecular formula is C16H14BrClN2O. The third kappa shape index (κ3) is 3.07. The van der Waals surface area contributed by atoms with Gasteiger partial charge in [0, 0.05) is 22.1 Å². The normalized spacial score (nSPS) is 12.5. The molecule has 0 aliphatic rings. The molecule has 0 fully saturated rings. The van der Waals surface area contributed by atoms with Crippen molar-refractivity contribution in [1.29, 1.82) is 0 Å². The lowest BCUT2D eigenvalue weighted by atomic mass is 10.2. The SMILES string of the molecule is NCC(Nc1ccc(Br)c(Cl)c1)c1cc2ccccc2o1. The number of hydrogen-bond donors (Lipinski definition) is 2. The lowest BCUT2D eigenvalue weighted by Gasteiger charge is -2.16. The minimum absolute atomic E-state index is 0.102. The number of rotatable bonds is 4. The molecule has 1 unspecified atom stereocenters. The van der Waals surface area contributed by atoms with Crippen molar-refractivity contribution in [1.82, 2.24) is 0 Å². The van der Waals surface area contributed by atoms with Crippen molar-refractivity contribution < 1.29 is 4.42 Å². The molecule has 0 aliphatic heterocycles. The molecule has 0 saturated carbocycles. The molecule has 3 N–H and O–H groups in total. The topological polar surface area (TPSA) is 51.2 Å². The van der Waals surface area contributed by atoms with Gasteiger partial charge in [-0.3, -0.25) is 0 Å². The third-order valence-corrected chi connectivity index (χ3v) is 4.52. The van der Waals surface area contributed by atoms with E-state index < -0.39 is 0 Å². The van der Waals surface area contributed by atoms with Crippen LogP contribution in [0.1, 0.15) is 11.8 Å². The highest BCUT2D eigenvalue weighted by Gasteiger charge is 2.15. The van der Waals surface area contributed by atoms with Crippen molar-refractivity contribution in [3.05, 3.63) is 63.8 Å². The van der Waals surface area contributed by atoms with Crippen LogP contribution in [0.3, 0.4) is 0 Å². The third-order valence-electron chi connectivity index (χ3n) is 3.28. The van der Waals surface area contributed by atoms with E-state index in [2.05, 4.69) is 21.2 Å². The van der Waals surface area contributed by atoms with Crippen molar-refractivity contribution in [3.8, 4) is 0 Å². The van der Waals surface area contributed by atoms with E-state index in [-0.39, 0.29) is 6.04 Å². The van der Waals surface area contributed by atoms with Gasteiger partial charge in [0.15, 0.2) is 0 Å². The van der Waals surface area contributed by atoms with Crippen LogP contribution in [0.15, 0.2) is 57.4 Å². The maximum atomic E-state index is 6.11. The number of anilines is 1. The summed E-state index contributed by atoms with van der Waals surface area (Å²) in [6, 6.07) is 15.5. The van der Waals surface area contributed by atoms with E-state index in [1.807, 2.05) is 48.5 Å². The standard InChI is InChI=1S/C16H14BrClN2O/c17-12-6-5-11(8-13(12)18)20-14(9-19)16-7-10-3-1-2-4-15(10)21-16/h1-8,14,20H,9,19H2. The summed E-state index contributed by atoms with van der Waals surface area (Å²) in [6.07, 6.45) is 0. The van der Waals surface area contributed by atoms with Crippen LogP contribution in [-0.4, -0.2) is 6.54 Å². The molecule has 1 atom stereocenters. The van der Waals surface area contributed by atoms with Gasteiger partial charge < -0.3 is 15.5 Å². The van der Waals surface area contributed by atoms with Crippen molar-refractivity contribution in [2.45, 2.75) is 6.04 Å². The number of halogens is 2. The molecule has 5 heteroatoms. The minimum atomic E-state index is -0.102. The molecule has 0 saturated heterocycles. The highest BCUT2D eigenvalue weighted by atomic mass is 79.9. The van der Waals surface area contributed by atoms with E-state index in [0.29, 0.717) is 11.6 Å². The summed E-state index contributed by atoms with van der Waals surface area (Å²) in [4.78, 5) is 0. The molecule has 0 spiro atoms. The van der Waals surface area contributed by atoms with Crippen LogP contribution >= 0.6 is 27.5 Å². The Morgan fingerprint density at radius 1 is 1.19 bits per heavy atom. The smallest absolute Gasteiger partial charge is 0.134 e. The summed E-state index contributed by atoms with van der Waals surface area (Å²) in [5.41, 5.74) is 7.64. The predicted molar refractivity (Wildman–Crippen MR) is 90.8 cm³/mol. The second kappa shape index (κ2) is 6.10. The van der Waals surface area contributed by atoms with Crippen LogP contribution in [0.4, 0.5) is 5.69 Å². The predicted octanol–water partition coefficient (Wildman–Crippen LogP) is 4.96. The maximum absolute atomic E-state index is 6.11. The highest BCUT2D eigenvalue weighted by Crippen LogP contribution is 2.29. The summed E-state index contributed by atoms with van der Waals surface area (Å²) in [5.74, 6) is 0.817. The van der Waals surface area contributed by atoms with E-state index in [4.69, 9.17) is 21.8 Å². The Bertz CT molecular complexity index is 739. The molecule has 0 aliphatic carbocycles. The van der Waals surface area contributed by atoms with E-state index in [1.165, 1.54) is 0 Å². The molecule has 3 rings (SSSR count). The van der Waals surface area contributed by atoms with Gasteiger partial charge in [0.05, 0.1) is 11.1 Å². The summed E-state index contributed by atoms with van der Waals surface area (Å²) >= 11 is 9.49. The van der Waals surface area contributed by atoms with Gasteiger partial charge in [0.1, 0.15) is 11.3 Å². The fourth-order valence-corrected chi connectivity index (χ4v) is 2.63. The molecule has 1 aromatic heterocycles. The first-order valence-electron chi connectivity index (χ1n) is 6.57. The molecule has 3 aromatic rings. The molecule has 3 nitrogen and oxygen atoms in total. The zero-order valence-corrected chi connectivity index (χ0v) is 13.5. The zero-order chi connectivity index (χ0) is 14.8. The molecular weight excluding hydrogens is 352 g/mol. The number of nitrogens with one attached hydrogen (secondary N) is 1. The number of hydrogen-bond acceptors (Lipinski definition) is 3. The van der Waals surface area contributed by atoms with Crippen LogP contribution in [-0.2, 0) is 0 Å². The van der Waals surface area contributed by atoms with Gasteiger partial charge in [-0.05, 0) is 46.3 Å². The van der Waals surface area contributed by atoms with Gasteiger partial charge in [-0.1, -0.05) is 29.8 Å². The Labute approximate surface area is 136 Å². The van der Waals surface area contributed by atoms with E-state index in [0.717, 1.165) is 26.9 Å². The fourth-order valence-electron chi connectivity index (χ4n) is 2.21. The quantitative estimate of drug-likeness (QED) is 0.687. The molecule has 21 heavy (non-hydrogen) atoms. The van der Waals surface area contributed by atoms with Crippen molar-refractivity contribution in [2.75, 3.05) is 11.9 Å². The van der Waals surface area contributed by atoms with E-state index in [1.54, 1.807) is 0 Å². The Morgan fingerprint density at radius 3 is 2.71 bits per heavy atom. The number of fused-ring (bicyclic) bond motifs is 1. The highest BCUT2D eigenvalue weighted by molar-refractivity contribution is 9.10. The van der Waals surface area contributed by atoms with Gasteiger partial charge in [-0.2, -0.15) is 0 Å². The maximum Gasteiger partial charge on any atom is 0.134 e. The number of para-hydroxylation sites is 1. The Balaban J connectivity index is 1.88. The molecule has 2 aromatic carbocycles. The van der Waals surface area contributed by atoms with Crippen LogP contribution in [0.5, 0.6) is 0 Å². The van der Waals surface area contributed by atoms with E-state index >= 15 is 0 Å². The zero-order valence-electron chi connectivity index (χ0n) is 11.1. The molecule has 0 amide bonds. The van der Waals surface area contributed by atoms with Gasteiger partial charge in [-0.15, -0.1) is 0 Å². The van der Waals surface area contributed by atoms with Crippen LogP contribution in [0.25, 0.3) is 11.0 Å². The van der Waals surface area contributed by atoms with Crippen LogP contribution in [0, 0.1) is 0 Å². The first-order valence-corrected chi connectivity index (χ1v) is 7.74. The Morgan fingerprint density at radius 2 is 2.00 bits per heavy atom. The first-order chi connectivity index (χ1) is 10.2. The number of nitrogens with two attached hydrogens (primary N) is 1. The first kappa shape index (κ1) is 14.4. The molecule has 108 valence electrons. The lowest BCUT2D eigenvalue weighted by molar-refractivity contribution is 0.515.